The smallest absolute Gasteiger partial charge is 0.0930 e. The quantitative estimate of drug-likeness (QED) is 0.205. The molecule has 0 aliphatic carbocycles. The van der Waals surface area contributed by atoms with Crippen molar-refractivity contribution in [1.29, 1.82) is 0 Å². The molecule has 0 aromatic heterocycles. The summed E-state index contributed by atoms with van der Waals surface area (Å²) in [6.45, 7) is 0. The fraction of sp³-hybridized carbons (Fsp3) is 0.0435. The predicted octanol–water partition coefficient (Wildman–Crippen LogP) is 9.56. The van der Waals surface area contributed by atoms with Crippen molar-refractivity contribution in [2.45, 2.75) is 0 Å². The molecule has 8 bridgehead atoms. The summed E-state index contributed by atoms with van der Waals surface area (Å²) in [5.41, 5.74) is 14.5. The van der Waals surface area contributed by atoms with Gasteiger partial charge in [0, 0.05) is 36.6 Å². The first-order valence-corrected chi connectivity index (χ1v) is 17.4. The molecule has 5 heterocycles. The van der Waals surface area contributed by atoms with Crippen LogP contribution < -0.4 is 9.80 Å². The molecule has 5 aliphatic heterocycles. The Labute approximate surface area is 303 Å². The topological polar surface area (TPSA) is 55.9 Å². The van der Waals surface area contributed by atoms with Crippen molar-refractivity contribution in [3.63, 3.8) is 0 Å². The molecule has 0 amide bonds. The van der Waals surface area contributed by atoms with E-state index in [0.717, 1.165) is 90.7 Å². The minimum absolute atomic E-state index is 0.823. The van der Waals surface area contributed by atoms with Gasteiger partial charge in [-0.15, -0.1) is 0 Å². The van der Waals surface area contributed by atoms with Crippen LogP contribution in [0.25, 0.3) is 11.1 Å². The van der Waals surface area contributed by atoms with Gasteiger partial charge in [-0.3, -0.25) is 0 Å². The molecular formula is C46H34N6. The zero-order valence-corrected chi connectivity index (χ0v) is 28.8. The zero-order chi connectivity index (χ0) is 35.0. The third kappa shape index (κ3) is 5.56. The highest BCUT2D eigenvalue weighted by Crippen LogP contribution is 2.37. The summed E-state index contributed by atoms with van der Waals surface area (Å²) in [5, 5.41) is 0. The van der Waals surface area contributed by atoms with Crippen LogP contribution in [-0.4, -0.2) is 36.9 Å². The normalized spacial score (nSPS) is 17.3. The van der Waals surface area contributed by atoms with Gasteiger partial charge in [0.05, 0.1) is 57.0 Å². The maximum Gasteiger partial charge on any atom is 0.0930 e. The number of benzene rings is 4. The second-order valence-electron chi connectivity index (χ2n) is 12.8. The first kappa shape index (κ1) is 31.1. The molecule has 6 nitrogen and oxygen atoms in total. The van der Waals surface area contributed by atoms with E-state index in [2.05, 4.69) is 170 Å². The van der Waals surface area contributed by atoms with E-state index in [4.69, 9.17) is 20.0 Å². The molecule has 0 atom stereocenters. The van der Waals surface area contributed by atoms with Gasteiger partial charge < -0.3 is 9.80 Å². The van der Waals surface area contributed by atoms with Gasteiger partial charge >= 0.3 is 0 Å². The number of aliphatic imine (C=N–C) groups is 4. The van der Waals surface area contributed by atoms with Crippen LogP contribution in [0.3, 0.4) is 0 Å². The summed E-state index contributed by atoms with van der Waals surface area (Å²) < 4.78 is 0. The van der Waals surface area contributed by atoms with Crippen molar-refractivity contribution in [3.8, 4) is 0 Å². The van der Waals surface area contributed by atoms with E-state index in [-0.39, 0.29) is 0 Å². The van der Waals surface area contributed by atoms with Crippen molar-refractivity contribution in [2.24, 2.45) is 20.0 Å². The molecule has 4 aromatic carbocycles. The number of hydrogen-bond donors (Lipinski definition) is 0. The maximum atomic E-state index is 5.35. The fourth-order valence-corrected chi connectivity index (χ4v) is 7.11. The Morgan fingerprint density at radius 2 is 0.635 bits per heavy atom. The van der Waals surface area contributed by atoms with E-state index in [1.54, 1.807) is 0 Å². The van der Waals surface area contributed by atoms with Gasteiger partial charge in [-0.05, 0) is 84.0 Å². The molecule has 0 fully saturated rings. The third-order valence-corrected chi connectivity index (χ3v) is 9.64. The van der Waals surface area contributed by atoms with Gasteiger partial charge in [-0.1, -0.05) is 97.1 Å². The molecule has 6 heteroatoms. The minimum Gasteiger partial charge on any atom is -0.341 e. The average Bonchev–Trinajstić information content (AvgIpc) is 4.04. The first-order chi connectivity index (χ1) is 25.6. The van der Waals surface area contributed by atoms with Gasteiger partial charge in [0.1, 0.15) is 0 Å². The lowest BCUT2D eigenvalue weighted by Crippen LogP contribution is -2.23. The highest BCUT2D eigenvalue weighted by Gasteiger charge is 2.29. The van der Waals surface area contributed by atoms with E-state index in [0.29, 0.717) is 0 Å². The predicted molar refractivity (Wildman–Crippen MR) is 217 cm³/mol. The lowest BCUT2D eigenvalue weighted by atomic mass is 9.99. The second kappa shape index (κ2) is 13.1. The fourth-order valence-electron chi connectivity index (χ4n) is 7.11. The van der Waals surface area contributed by atoms with Gasteiger partial charge in [0.2, 0.25) is 0 Å². The molecule has 0 N–H and O–H groups in total. The minimum atomic E-state index is 0.823. The van der Waals surface area contributed by atoms with Crippen LogP contribution in [0.2, 0.25) is 0 Å². The summed E-state index contributed by atoms with van der Waals surface area (Å²) in [6, 6.07) is 41.5. The number of nitrogens with zero attached hydrogens (tertiary/aromatic N) is 6. The van der Waals surface area contributed by atoms with Crippen LogP contribution in [0.5, 0.6) is 0 Å². The van der Waals surface area contributed by atoms with Gasteiger partial charge in [0.25, 0.3) is 0 Å². The molecule has 9 rings (SSSR count). The Bertz CT molecular complexity index is 2310. The number of allylic oxidation sites excluding steroid dienone is 10. The monoisotopic (exact) mass is 670 g/mol. The number of para-hydroxylation sites is 2. The van der Waals surface area contributed by atoms with Crippen molar-refractivity contribution >= 4 is 45.4 Å². The highest BCUT2D eigenvalue weighted by atomic mass is 15.1. The van der Waals surface area contributed by atoms with Crippen molar-refractivity contribution in [3.05, 3.63) is 215 Å². The summed E-state index contributed by atoms with van der Waals surface area (Å²) in [4.78, 5) is 25.7. The number of hydrogen-bond acceptors (Lipinski definition) is 6. The molecule has 5 aliphatic rings. The molecule has 0 saturated heterocycles. The SMILES string of the molecule is CN(C1=C2C=CC(=N2)C(c2ccccc2)=C2C=CC(=N2)C(N(C)c2ccccc2)=C2C=CC(=N2)C(c2ccccc2)=C2C=CC1=N2)c1ccccc1. The van der Waals surface area contributed by atoms with Crippen molar-refractivity contribution in [2.75, 3.05) is 23.9 Å². The molecule has 248 valence electrons. The Kier molecular flexibility index (Phi) is 7.82. The highest BCUT2D eigenvalue weighted by molar-refractivity contribution is 6.34. The average molecular weight is 671 g/mol. The van der Waals surface area contributed by atoms with Crippen LogP contribution in [0.15, 0.2) is 224 Å². The van der Waals surface area contributed by atoms with Gasteiger partial charge in [-0.25, -0.2) is 20.0 Å². The van der Waals surface area contributed by atoms with Crippen LogP contribution in [-0.2, 0) is 0 Å². The molecular weight excluding hydrogens is 637 g/mol. The molecule has 0 saturated carbocycles. The summed E-state index contributed by atoms with van der Waals surface area (Å²) >= 11 is 0. The lowest BCUT2D eigenvalue weighted by molar-refractivity contribution is 1.12. The zero-order valence-electron chi connectivity index (χ0n) is 28.8. The van der Waals surface area contributed by atoms with Crippen molar-refractivity contribution < 1.29 is 0 Å². The van der Waals surface area contributed by atoms with Crippen LogP contribution in [0.1, 0.15) is 11.1 Å². The van der Waals surface area contributed by atoms with Crippen LogP contribution in [0.4, 0.5) is 11.4 Å². The molecule has 0 unspecified atom stereocenters. The Balaban J connectivity index is 1.34. The van der Waals surface area contributed by atoms with Crippen LogP contribution >= 0.6 is 0 Å². The van der Waals surface area contributed by atoms with E-state index < -0.39 is 0 Å². The number of anilines is 2. The van der Waals surface area contributed by atoms with Crippen LogP contribution in [0, 0.1) is 0 Å². The summed E-state index contributed by atoms with van der Waals surface area (Å²) in [5.74, 6) is 0. The Hall–Kier alpha value is -6.92. The Morgan fingerprint density at radius 1 is 0.327 bits per heavy atom. The third-order valence-electron chi connectivity index (χ3n) is 9.64. The molecule has 4 aromatic rings. The van der Waals surface area contributed by atoms with Gasteiger partial charge in [0.15, 0.2) is 0 Å². The molecule has 0 spiro atoms. The summed E-state index contributed by atoms with van der Waals surface area (Å²) in [6.07, 6.45) is 16.8. The lowest BCUT2D eigenvalue weighted by Gasteiger charge is -2.23. The first-order valence-electron chi connectivity index (χ1n) is 17.4. The van der Waals surface area contributed by atoms with Crippen molar-refractivity contribution in [1.82, 2.24) is 0 Å². The standard InChI is InChI=1S/C46H34N6/c1-51(33-19-11-5-12-20-33)45-39-27-23-35(47-39)43(31-15-7-3-8-16-31)37-25-29-41(49-37)46(52(2)34-21-13-6-14-22-34)42-30-26-38(50-42)44(32-17-9-4-10-18-32)36-24-28-40(45)48-36/h3-30H,1-2H3. The largest absolute Gasteiger partial charge is 0.341 e. The van der Waals surface area contributed by atoms with E-state index in [9.17, 15) is 0 Å². The number of rotatable bonds is 6. The number of fused-ring (bicyclic) bond motifs is 4. The van der Waals surface area contributed by atoms with E-state index >= 15 is 0 Å². The molecule has 0 radical (unpaired) electrons. The van der Waals surface area contributed by atoms with Gasteiger partial charge in [-0.2, -0.15) is 0 Å². The summed E-state index contributed by atoms with van der Waals surface area (Å²) in [7, 11) is 4.15. The van der Waals surface area contributed by atoms with E-state index in [1.807, 2.05) is 24.3 Å². The Morgan fingerprint density at radius 3 is 1.02 bits per heavy atom. The maximum absolute atomic E-state index is 5.35. The van der Waals surface area contributed by atoms with E-state index in [1.165, 1.54) is 0 Å². The molecule has 52 heavy (non-hydrogen) atoms. The second-order valence-corrected chi connectivity index (χ2v) is 12.8.